The Morgan fingerprint density at radius 1 is 0.404 bits per heavy atom. The topological polar surface area (TPSA) is 4.93 Å². The summed E-state index contributed by atoms with van der Waals surface area (Å²) >= 11 is 0. The molecular formula is C51H39N. The molecule has 0 saturated carbocycles. The van der Waals surface area contributed by atoms with Crippen molar-refractivity contribution < 1.29 is 0 Å². The van der Waals surface area contributed by atoms with Crippen molar-refractivity contribution in [3.8, 4) is 39.1 Å². The Labute approximate surface area is 304 Å². The zero-order valence-corrected chi connectivity index (χ0v) is 30.0. The first-order chi connectivity index (χ1) is 25.3. The monoisotopic (exact) mass is 665 g/mol. The first-order valence-electron chi connectivity index (χ1n) is 18.3. The second-order valence-electron chi connectivity index (χ2n) is 15.5. The molecule has 248 valence electrons. The Hall–Kier alpha value is -6.18. The molecule has 1 heterocycles. The van der Waals surface area contributed by atoms with Crippen LogP contribution in [0, 0.1) is 6.92 Å². The number of rotatable bonds is 4. The molecule has 10 rings (SSSR count). The minimum Gasteiger partial charge on any atom is -0.309 e. The van der Waals surface area contributed by atoms with E-state index in [2.05, 4.69) is 196 Å². The molecule has 0 aliphatic carbocycles. The minimum atomic E-state index is 0.136. The number of benzene rings is 9. The highest BCUT2D eigenvalue weighted by Crippen LogP contribution is 2.43. The molecule has 0 unspecified atom stereocenters. The van der Waals surface area contributed by atoms with E-state index in [0.717, 1.165) is 5.69 Å². The predicted octanol–water partition coefficient (Wildman–Crippen LogP) is 14.3. The van der Waals surface area contributed by atoms with Gasteiger partial charge in [-0.3, -0.25) is 0 Å². The van der Waals surface area contributed by atoms with Crippen LogP contribution in [0.15, 0.2) is 164 Å². The van der Waals surface area contributed by atoms with E-state index in [1.165, 1.54) is 98.6 Å². The van der Waals surface area contributed by atoms with E-state index in [-0.39, 0.29) is 5.41 Å². The average molecular weight is 666 g/mol. The second kappa shape index (κ2) is 11.4. The fraction of sp³-hybridized carbons (Fsp3) is 0.0980. The maximum atomic E-state index is 2.41. The Morgan fingerprint density at radius 3 is 1.54 bits per heavy atom. The van der Waals surface area contributed by atoms with Gasteiger partial charge < -0.3 is 4.57 Å². The summed E-state index contributed by atoms with van der Waals surface area (Å²) in [6.45, 7) is 8.95. The average Bonchev–Trinajstić information content (AvgIpc) is 3.51. The molecule has 0 fully saturated rings. The van der Waals surface area contributed by atoms with Crippen LogP contribution in [-0.4, -0.2) is 4.57 Å². The van der Waals surface area contributed by atoms with Crippen LogP contribution >= 0.6 is 0 Å². The van der Waals surface area contributed by atoms with Gasteiger partial charge in [0.1, 0.15) is 0 Å². The van der Waals surface area contributed by atoms with E-state index in [4.69, 9.17) is 0 Å². The van der Waals surface area contributed by atoms with Gasteiger partial charge in [0.05, 0.1) is 11.0 Å². The van der Waals surface area contributed by atoms with Gasteiger partial charge in [0, 0.05) is 16.5 Å². The summed E-state index contributed by atoms with van der Waals surface area (Å²) < 4.78 is 2.41. The summed E-state index contributed by atoms with van der Waals surface area (Å²) in [5.41, 5.74) is 13.9. The lowest BCUT2D eigenvalue weighted by molar-refractivity contribution is 0.590. The van der Waals surface area contributed by atoms with Crippen molar-refractivity contribution in [2.24, 2.45) is 0 Å². The lowest BCUT2D eigenvalue weighted by atomic mass is 9.86. The normalized spacial score (nSPS) is 12.2. The molecule has 1 heteroatoms. The van der Waals surface area contributed by atoms with Crippen LogP contribution < -0.4 is 0 Å². The number of para-hydroxylation sites is 1. The summed E-state index contributed by atoms with van der Waals surface area (Å²) in [4.78, 5) is 0. The summed E-state index contributed by atoms with van der Waals surface area (Å²) in [6.07, 6.45) is 0. The van der Waals surface area contributed by atoms with Crippen LogP contribution in [0.2, 0.25) is 0 Å². The molecule has 9 aromatic carbocycles. The zero-order chi connectivity index (χ0) is 35.1. The number of aromatic nitrogens is 1. The fourth-order valence-corrected chi connectivity index (χ4v) is 8.42. The maximum absolute atomic E-state index is 2.41. The van der Waals surface area contributed by atoms with Gasteiger partial charge in [-0.25, -0.2) is 0 Å². The highest BCUT2D eigenvalue weighted by molar-refractivity contribution is 6.27. The van der Waals surface area contributed by atoms with Gasteiger partial charge in [-0.2, -0.15) is 0 Å². The number of aryl methyl sites for hydroxylation is 1. The van der Waals surface area contributed by atoms with Crippen LogP contribution in [0.3, 0.4) is 0 Å². The van der Waals surface area contributed by atoms with E-state index in [1.54, 1.807) is 0 Å². The molecule has 0 N–H and O–H groups in total. The molecule has 0 saturated heterocycles. The Morgan fingerprint density at radius 2 is 0.923 bits per heavy atom. The Balaban J connectivity index is 1.08. The van der Waals surface area contributed by atoms with E-state index < -0.39 is 0 Å². The highest BCUT2D eigenvalue weighted by atomic mass is 15.0. The van der Waals surface area contributed by atoms with Crippen LogP contribution in [0.4, 0.5) is 0 Å². The maximum Gasteiger partial charge on any atom is 0.0541 e. The van der Waals surface area contributed by atoms with Crippen molar-refractivity contribution in [3.05, 3.63) is 175 Å². The molecule has 1 nitrogen and oxygen atoms in total. The number of hydrogen-bond acceptors (Lipinski definition) is 0. The lowest BCUT2D eigenvalue weighted by Crippen LogP contribution is -2.10. The van der Waals surface area contributed by atoms with Crippen LogP contribution in [0.5, 0.6) is 0 Å². The zero-order valence-electron chi connectivity index (χ0n) is 30.0. The molecule has 52 heavy (non-hydrogen) atoms. The fourth-order valence-electron chi connectivity index (χ4n) is 8.42. The molecule has 1 aromatic heterocycles. The van der Waals surface area contributed by atoms with Gasteiger partial charge in [0.2, 0.25) is 0 Å². The molecule has 0 amide bonds. The lowest BCUT2D eigenvalue weighted by Gasteiger charge is -2.19. The molecule has 0 aliphatic rings. The van der Waals surface area contributed by atoms with E-state index in [1.807, 2.05) is 0 Å². The standard InChI is InChI=1S/C51H39N/c1-32-9-11-34(12-10-32)41-26-17-36-20-29-45-42(27-18-37-19-28-44(41)49(36)50(37)45)35-15-24-40(25-16-35)52-47-8-6-5-7-43(47)46-31-38(21-30-48(46)52)33-13-22-39(23-14-33)51(2,3)4/h5-31H,1-4H3. The predicted molar refractivity (Wildman–Crippen MR) is 224 cm³/mol. The van der Waals surface area contributed by atoms with Gasteiger partial charge in [-0.15, -0.1) is 0 Å². The third kappa shape index (κ3) is 4.77. The van der Waals surface area contributed by atoms with Crippen molar-refractivity contribution in [2.45, 2.75) is 33.1 Å². The van der Waals surface area contributed by atoms with Crippen molar-refractivity contribution in [1.82, 2.24) is 4.57 Å². The first-order valence-corrected chi connectivity index (χ1v) is 18.3. The van der Waals surface area contributed by atoms with E-state index >= 15 is 0 Å². The summed E-state index contributed by atoms with van der Waals surface area (Å²) in [6, 6.07) is 61.3. The molecule has 0 bridgehead atoms. The van der Waals surface area contributed by atoms with Gasteiger partial charge >= 0.3 is 0 Å². The van der Waals surface area contributed by atoms with Crippen molar-refractivity contribution in [3.63, 3.8) is 0 Å². The largest absolute Gasteiger partial charge is 0.309 e. The first kappa shape index (κ1) is 30.6. The molecule has 0 radical (unpaired) electrons. The third-order valence-corrected chi connectivity index (χ3v) is 11.2. The van der Waals surface area contributed by atoms with Crippen LogP contribution in [0.1, 0.15) is 31.9 Å². The number of hydrogen-bond donors (Lipinski definition) is 0. The van der Waals surface area contributed by atoms with Crippen LogP contribution in [0.25, 0.3) is 93.2 Å². The molecular weight excluding hydrogens is 627 g/mol. The Bertz CT molecular complexity index is 2950. The Kier molecular flexibility index (Phi) is 6.73. The molecule has 0 spiro atoms. The van der Waals surface area contributed by atoms with Crippen molar-refractivity contribution >= 4 is 54.1 Å². The van der Waals surface area contributed by atoms with Gasteiger partial charge in [-0.1, -0.05) is 160 Å². The quantitative estimate of drug-likeness (QED) is 0.165. The molecule has 10 aromatic rings. The molecule has 0 aliphatic heterocycles. The highest BCUT2D eigenvalue weighted by Gasteiger charge is 2.17. The van der Waals surface area contributed by atoms with Crippen LogP contribution in [-0.2, 0) is 5.41 Å². The third-order valence-electron chi connectivity index (χ3n) is 11.2. The number of nitrogens with zero attached hydrogens (tertiary/aromatic N) is 1. The van der Waals surface area contributed by atoms with E-state index in [0.29, 0.717) is 0 Å². The van der Waals surface area contributed by atoms with Crippen molar-refractivity contribution in [1.29, 1.82) is 0 Å². The van der Waals surface area contributed by atoms with Gasteiger partial charge in [0.15, 0.2) is 0 Å². The van der Waals surface area contributed by atoms with Crippen molar-refractivity contribution in [2.75, 3.05) is 0 Å². The second-order valence-corrected chi connectivity index (χ2v) is 15.5. The molecule has 0 atom stereocenters. The van der Waals surface area contributed by atoms with Gasteiger partial charge in [0.25, 0.3) is 0 Å². The summed E-state index contributed by atoms with van der Waals surface area (Å²) in [5, 5.41) is 10.4. The number of fused-ring (bicyclic) bond motifs is 3. The minimum absolute atomic E-state index is 0.136. The SMILES string of the molecule is Cc1ccc(-c2ccc3ccc4c(-c5ccc(-n6c7ccccc7c7cc(-c8ccc(C(C)(C)C)cc8)ccc76)cc5)ccc5ccc2c3c54)cc1. The van der Waals surface area contributed by atoms with E-state index in [9.17, 15) is 0 Å². The summed E-state index contributed by atoms with van der Waals surface area (Å²) in [5.74, 6) is 0. The smallest absolute Gasteiger partial charge is 0.0541 e. The van der Waals surface area contributed by atoms with Gasteiger partial charge in [-0.05, 0) is 114 Å². The summed E-state index contributed by atoms with van der Waals surface area (Å²) in [7, 11) is 0.